The Labute approximate surface area is 118 Å². The lowest BCUT2D eigenvalue weighted by atomic mass is 10.0. The summed E-state index contributed by atoms with van der Waals surface area (Å²) in [6.07, 6.45) is -0.132. The zero-order chi connectivity index (χ0) is 15.4. The first-order valence-electron chi connectivity index (χ1n) is 6.27. The molecule has 0 amide bonds. The van der Waals surface area contributed by atoms with E-state index in [4.69, 9.17) is 9.88 Å². The van der Waals surface area contributed by atoms with Gasteiger partial charge in [0.15, 0.2) is 0 Å². The van der Waals surface area contributed by atoms with E-state index in [1.807, 2.05) is 0 Å². The van der Waals surface area contributed by atoms with Crippen molar-refractivity contribution in [2.75, 3.05) is 7.11 Å². The third-order valence-corrected chi connectivity index (χ3v) is 4.09. The standard InChI is InChI=1S/C13H19F2NO3S/c1-3-13(14,15)8-4-5-10-9-11(19-2)6-7-12(10)20(16,17)18/h6-7,9H,3-5,8H2,1-2H3,(H2,16,17,18). The van der Waals surface area contributed by atoms with Crippen LogP contribution in [-0.2, 0) is 16.4 Å². The van der Waals surface area contributed by atoms with Crippen molar-refractivity contribution in [3.63, 3.8) is 0 Å². The zero-order valence-corrected chi connectivity index (χ0v) is 12.3. The Bertz CT molecular complexity index is 559. The Morgan fingerprint density at radius 2 is 2.00 bits per heavy atom. The van der Waals surface area contributed by atoms with Crippen molar-refractivity contribution in [1.29, 1.82) is 0 Å². The molecule has 1 aromatic carbocycles. The van der Waals surface area contributed by atoms with Crippen LogP contribution >= 0.6 is 0 Å². The van der Waals surface area contributed by atoms with Gasteiger partial charge in [-0.3, -0.25) is 0 Å². The molecule has 114 valence electrons. The van der Waals surface area contributed by atoms with Gasteiger partial charge in [0.1, 0.15) is 5.75 Å². The zero-order valence-electron chi connectivity index (χ0n) is 11.5. The summed E-state index contributed by atoms with van der Waals surface area (Å²) in [4.78, 5) is -0.0434. The van der Waals surface area contributed by atoms with E-state index in [1.165, 1.54) is 32.2 Å². The Kier molecular flexibility index (Phi) is 5.47. The predicted octanol–water partition coefficient (Wildman–Crippen LogP) is 2.71. The van der Waals surface area contributed by atoms with Gasteiger partial charge in [0, 0.05) is 12.8 Å². The highest BCUT2D eigenvalue weighted by molar-refractivity contribution is 7.89. The highest BCUT2D eigenvalue weighted by Gasteiger charge is 2.25. The summed E-state index contributed by atoms with van der Waals surface area (Å²) in [6, 6.07) is 4.33. The van der Waals surface area contributed by atoms with Crippen LogP contribution in [-0.4, -0.2) is 21.5 Å². The van der Waals surface area contributed by atoms with Crippen LogP contribution in [0.1, 0.15) is 31.7 Å². The molecule has 4 nitrogen and oxygen atoms in total. The van der Waals surface area contributed by atoms with Gasteiger partial charge in [0.05, 0.1) is 12.0 Å². The van der Waals surface area contributed by atoms with Crippen molar-refractivity contribution < 1.29 is 21.9 Å². The molecular formula is C13H19F2NO3S. The maximum Gasteiger partial charge on any atom is 0.247 e. The minimum atomic E-state index is -3.87. The SMILES string of the molecule is CCC(F)(F)CCCc1cc(OC)ccc1S(N)(=O)=O. The van der Waals surface area contributed by atoms with Crippen molar-refractivity contribution in [3.8, 4) is 5.75 Å². The molecule has 0 atom stereocenters. The summed E-state index contributed by atoms with van der Waals surface area (Å²) in [7, 11) is -2.43. The summed E-state index contributed by atoms with van der Waals surface area (Å²) < 4.78 is 54.3. The minimum Gasteiger partial charge on any atom is -0.497 e. The number of methoxy groups -OCH3 is 1. The van der Waals surface area contributed by atoms with E-state index >= 15 is 0 Å². The van der Waals surface area contributed by atoms with E-state index in [1.54, 1.807) is 0 Å². The molecule has 0 fully saturated rings. The Balaban J connectivity index is 2.92. The van der Waals surface area contributed by atoms with Gasteiger partial charge in [-0.15, -0.1) is 0 Å². The molecular weight excluding hydrogens is 288 g/mol. The number of nitrogens with two attached hydrogens (primary N) is 1. The maximum absolute atomic E-state index is 13.2. The van der Waals surface area contributed by atoms with Gasteiger partial charge in [-0.2, -0.15) is 0 Å². The lowest BCUT2D eigenvalue weighted by Gasteiger charge is -2.14. The number of primary sulfonamides is 1. The normalized spacial score (nSPS) is 12.4. The molecule has 0 heterocycles. The van der Waals surface area contributed by atoms with Crippen molar-refractivity contribution in [1.82, 2.24) is 0 Å². The third-order valence-electron chi connectivity index (χ3n) is 3.08. The second-order valence-electron chi connectivity index (χ2n) is 4.58. The average molecular weight is 307 g/mol. The van der Waals surface area contributed by atoms with Crippen LogP contribution in [0.3, 0.4) is 0 Å². The van der Waals surface area contributed by atoms with Crippen LogP contribution in [0.25, 0.3) is 0 Å². The third kappa shape index (κ3) is 4.72. The highest BCUT2D eigenvalue weighted by atomic mass is 32.2. The molecule has 2 N–H and O–H groups in total. The molecule has 0 spiro atoms. The quantitative estimate of drug-likeness (QED) is 0.842. The van der Waals surface area contributed by atoms with Crippen molar-refractivity contribution in [2.24, 2.45) is 5.14 Å². The number of halogens is 2. The summed E-state index contributed by atoms with van der Waals surface area (Å²) in [5.41, 5.74) is 0.402. The van der Waals surface area contributed by atoms with Crippen LogP contribution in [0.15, 0.2) is 23.1 Å². The number of ether oxygens (including phenoxy) is 1. The highest BCUT2D eigenvalue weighted by Crippen LogP contribution is 2.27. The molecule has 0 bridgehead atoms. The number of alkyl halides is 2. The first kappa shape index (κ1) is 16.8. The van der Waals surface area contributed by atoms with Crippen molar-refractivity contribution >= 4 is 10.0 Å². The molecule has 0 aromatic heterocycles. The fourth-order valence-electron chi connectivity index (χ4n) is 1.87. The van der Waals surface area contributed by atoms with E-state index in [0.717, 1.165) is 0 Å². The topological polar surface area (TPSA) is 69.4 Å². The largest absolute Gasteiger partial charge is 0.497 e. The van der Waals surface area contributed by atoms with Gasteiger partial charge in [-0.1, -0.05) is 6.92 Å². The van der Waals surface area contributed by atoms with E-state index < -0.39 is 15.9 Å². The second kappa shape index (κ2) is 6.49. The molecule has 0 aliphatic rings. The predicted molar refractivity (Wildman–Crippen MR) is 72.5 cm³/mol. The van der Waals surface area contributed by atoms with E-state index in [0.29, 0.717) is 11.3 Å². The number of benzene rings is 1. The molecule has 7 heteroatoms. The molecule has 1 aromatic rings. The van der Waals surface area contributed by atoms with Crippen LogP contribution in [0.2, 0.25) is 0 Å². The first-order valence-corrected chi connectivity index (χ1v) is 7.82. The Hall–Kier alpha value is -1.21. The minimum absolute atomic E-state index is 0.0434. The van der Waals surface area contributed by atoms with Gasteiger partial charge in [0.25, 0.3) is 0 Å². The molecule has 20 heavy (non-hydrogen) atoms. The van der Waals surface area contributed by atoms with Gasteiger partial charge >= 0.3 is 0 Å². The monoisotopic (exact) mass is 307 g/mol. The summed E-state index contributed by atoms with van der Waals surface area (Å²) >= 11 is 0. The smallest absolute Gasteiger partial charge is 0.247 e. The maximum atomic E-state index is 13.2. The van der Waals surface area contributed by atoms with Crippen LogP contribution in [0.5, 0.6) is 5.75 Å². The van der Waals surface area contributed by atoms with E-state index in [-0.39, 0.29) is 30.6 Å². The lowest BCUT2D eigenvalue weighted by molar-refractivity contribution is -0.0130. The summed E-state index contributed by atoms with van der Waals surface area (Å²) in [6.45, 7) is 1.42. The molecule has 0 saturated carbocycles. The lowest BCUT2D eigenvalue weighted by Crippen LogP contribution is -2.16. The summed E-state index contributed by atoms with van der Waals surface area (Å²) in [5.74, 6) is -2.25. The molecule has 0 aliphatic heterocycles. The van der Waals surface area contributed by atoms with Crippen molar-refractivity contribution in [3.05, 3.63) is 23.8 Å². The number of hydrogen-bond acceptors (Lipinski definition) is 3. The molecule has 0 saturated heterocycles. The number of rotatable bonds is 7. The number of hydrogen-bond donors (Lipinski definition) is 1. The Morgan fingerprint density at radius 1 is 1.35 bits per heavy atom. The molecule has 0 unspecified atom stereocenters. The van der Waals surface area contributed by atoms with E-state index in [9.17, 15) is 17.2 Å². The van der Waals surface area contributed by atoms with Crippen LogP contribution in [0.4, 0.5) is 8.78 Å². The number of sulfonamides is 1. The van der Waals surface area contributed by atoms with E-state index in [2.05, 4.69) is 0 Å². The fraction of sp³-hybridized carbons (Fsp3) is 0.538. The van der Waals surface area contributed by atoms with Gasteiger partial charge in [-0.05, 0) is 36.6 Å². The van der Waals surface area contributed by atoms with Crippen LogP contribution in [0, 0.1) is 0 Å². The van der Waals surface area contributed by atoms with Crippen LogP contribution < -0.4 is 9.88 Å². The fourth-order valence-corrected chi connectivity index (χ4v) is 2.65. The second-order valence-corrected chi connectivity index (χ2v) is 6.11. The van der Waals surface area contributed by atoms with Gasteiger partial charge in [0.2, 0.25) is 15.9 Å². The summed E-state index contributed by atoms with van der Waals surface area (Å²) in [5, 5.41) is 5.12. The first-order chi connectivity index (χ1) is 9.19. The van der Waals surface area contributed by atoms with Crippen molar-refractivity contribution in [2.45, 2.75) is 43.4 Å². The average Bonchev–Trinajstić information content (AvgIpc) is 2.37. The molecule has 1 rings (SSSR count). The molecule has 0 radical (unpaired) electrons. The van der Waals surface area contributed by atoms with Gasteiger partial charge < -0.3 is 4.74 Å². The molecule has 0 aliphatic carbocycles. The number of aryl methyl sites for hydroxylation is 1. The Morgan fingerprint density at radius 3 is 2.50 bits per heavy atom. The van der Waals surface area contributed by atoms with Gasteiger partial charge in [-0.25, -0.2) is 22.3 Å².